The molecule has 90 valence electrons. The standard InChI is InChI=1S/C13H20BrNO/c1-3-13(15-9-8-10(2)16)11-6-4-5-7-12(11)14/h4-7,10,13,15-16H,3,8-9H2,1-2H3. The van der Waals surface area contributed by atoms with Gasteiger partial charge in [0.05, 0.1) is 6.10 Å². The van der Waals surface area contributed by atoms with Crippen LogP contribution in [0.1, 0.15) is 38.3 Å². The van der Waals surface area contributed by atoms with E-state index in [1.165, 1.54) is 5.56 Å². The van der Waals surface area contributed by atoms with Crippen LogP contribution in [0.4, 0.5) is 0 Å². The summed E-state index contributed by atoms with van der Waals surface area (Å²) in [5.74, 6) is 0. The summed E-state index contributed by atoms with van der Waals surface area (Å²) in [7, 11) is 0. The van der Waals surface area contributed by atoms with Gasteiger partial charge < -0.3 is 10.4 Å². The smallest absolute Gasteiger partial charge is 0.0524 e. The lowest BCUT2D eigenvalue weighted by Crippen LogP contribution is -2.24. The fraction of sp³-hybridized carbons (Fsp3) is 0.538. The van der Waals surface area contributed by atoms with E-state index in [9.17, 15) is 5.11 Å². The predicted molar refractivity (Wildman–Crippen MR) is 71.5 cm³/mol. The van der Waals surface area contributed by atoms with Gasteiger partial charge in [-0.1, -0.05) is 41.1 Å². The lowest BCUT2D eigenvalue weighted by Gasteiger charge is -2.19. The molecule has 0 saturated carbocycles. The van der Waals surface area contributed by atoms with E-state index in [-0.39, 0.29) is 6.10 Å². The minimum Gasteiger partial charge on any atom is -0.393 e. The largest absolute Gasteiger partial charge is 0.393 e. The van der Waals surface area contributed by atoms with Crippen molar-refractivity contribution in [3.05, 3.63) is 34.3 Å². The zero-order valence-corrected chi connectivity index (χ0v) is 11.5. The molecule has 1 aromatic carbocycles. The van der Waals surface area contributed by atoms with Gasteiger partial charge in [0.2, 0.25) is 0 Å². The number of halogens is 1. The Bertz CT molecular complexity index is 315. The van der Waals surface area contributed by atoms with Gasteiger partial charge in [-0.05, 0) is 37.9 Å². The van der Waals surface area contributed by atoms with Gasteiger partial charge in [-0.25, -0.2) is 0 Å². The van der Waals surface area contributed by atoms with Crippen molar-refractivity contribution in [3.63, 3.8) is 0 Å². The lowest BCUT2D eigenvalue weighted by molar-refractivity contribution is 0.182. The SMILES string of the molecule is CCC(NCCC(C)O)c1ccccc1Br. The van der Waals surface area contributed by atoms with Crippen LogP contribution in [0.5, 0.6) is 0 Å². The normalized spacial score (nSPS) is 14.8. The summed E-state index contributed by atoms with van der Waals surface area (Å²) in [5.41, 5.74) is 1.29. The minimum absolute atomic E-state index is 0.232. The lowest BCUT2D eigenvalue weighted by atomic mass is 10.0. The Hall–Kier alpha value is -0.380. The van der Waals surface area contributed by atoms with E-state index in [2.05, 4.69) is 46.4 Å². The van der Waals surface area contributed by atoms with Crippen LogP contribution in [0.2, 0.25) is 0 Å². The molecular formula is C13H20BrNO. The molecule has 0 spiro atoms. The molecule has 1 rings (SSSR count). The summed E-state index contributed by atoms with van der Waals surface area (Å²) in [6, 6.07) is 8.63. The molecule has 0 aliphatic heterocycles. The van der Waals surface area contributed by atoms with E-state index in [0.717, 1.165) is 23.9 Å². The predicted octanol–water partition coefficient (Wildman–Crippen LogP) is 3.26. The molecule has 0 amide bonds. The molecule has 0 bridgehead atoms. The van der Waals surface area contributed by atoms with Gasteiger partial charge in [-0.15, -0.1) is 0 Å². The second kappa shape index (κ2) is 7.05. The topological polar surface area (TPSA) is 32.3 Å². The maximum Gasteiger partial charge on any atom is 0.0524 e. The molecule has 2 nitrogen and oxygen atoms in total. The van der Waals surface area contributed by atoms with Crippen molar-refractivity contribution >= 4 is 15.9 Å². The summed E-state index contributed by atoms with van der Waals surface area (Å²) < 4.78 is 1.14. The Kier molecular flexibility index (Phi) is 6.03. The number of aliphatic hydroxyl groups excluding tert-OH is 1. The van der Waals surface area contributed by atoms with Crippen molar-refractivity contribution in [3.8, 4) is 0 Å². The molecule has 2 atom stereocenters. The van der Waals surface area contributed by atoms with Crippen molar-refractivity contribution in [2.75, 3.05) is 6.54 Å². The molecule has 0 radical (unpaired) electrons. The maximum atomic E-state index is 9.21. The molecular weight excluding hydrogens is 266 g/mol. The maximum absolute atomic E-state index is 9.21. The Morgan fingerprint density at radius 2 is 2.06 bits per heavy atom. The zero-order valence-electron chi connectivity index (χ0n) is 9.91. The van der Waals surface area contributed by atoms with E-state index in [1.54, 1.807) is 0 Å². The van der Waals surface area contributed by atoms with Gasteiger partial charge in [-0.2, -0.15) is 0 Å². The molecule has 3 heteroatoms. The monoisotopic (exact) mass is 285 g/mol. The number of hydrogen-bond acceptors (Lipinski definition) is 2. The first-order valence-electron chi connectivity index (χ1n) is 5.81. The first-order valence-corrected chi connectivity index (χ1v) is 6.60. The highest BCUT2D eigenvalue weighted by Crippen LogP contribution is 2.25. The number of rotatable bonds is 6. The fourth-order valence-electron chi connectivity index (χ4n) is 1.70. The second-order valence-corrected chi connectivity index (χ2v) is 4.93. The van der Waals surface area contributed by atoms with E-state index in [1.807, 2.05) is 13.0 Å². The van der Waals surface area contributed by atoms with Gasteiger partial charge in [0, 0.05) is 10.5 Å². The third kappa shape index (κ3) is 4.24. The molecule has 0 saturated heterocycles. The molecule has 2 unspecified atom stereocenters. The van der Waals surface area contributed by atoms with Gasteiger partial charge in [0.25, 0.3) is 0 Å². The summed E-state index contributed by atoms with van der Waals surface area (Å²) in [5, 5.41) is 12.7. The molecule has 1 aromatic rings. The number of hydrogen-bond donors (Lipinski definition) is 2. The highest BCUT2D eigenvalue weighted by molar-refractivity contribution is 9.10. The first-order chi connectivity index (χ1) is 7.65. The van der Waals surface area contributed by atoms with Gasteiger partial charge >= 0.3 is 0 Å². The van der Waals surface area contributed by atoms with Crippen LogP contribution in [0.3, 0.4) is 0 Å². The van der Waals surface area contributed by atoms with E-state index in [0.29, 0.717) is 6.04 Å². The average molecular weight is 286 g/mol. The molecule has 0 heterocycles. The van der Waals surface area contributed by atoms with Gasteiger partial charge in [-0.3, -0.25) is 0 Å². The van der Waals surface area contributed by atoms with Crippen LogP contribution >= 0.6 is 15.9 Å². The Morgan fingerprint density at radius 1 is 1.38 bits per heavy atom. The van der Waals surface area contributed by atoms with Crippen LogP contribution in [-0.4, -0.2) is 17.8 Å². The van der Waals surface area contributed by atoms with E-state index >= 15 is 0 Å². The molecule has 0 aliphatic rings. The summed E-state index contributed by atoms with van der Waals surface area (Å²) in [4.78, 5) is 0. The van der Waals surface area contributed by atoms with Crippen molar-refractivity contribution in [2.24, 2.45) is 0 Å². The number of nitrogens with one attached hydrogen (secondary N) is 1. The molecule has 0 aromatic heterocycles. The molecule has 0 fully saturated rings. The third-order valence-electron chi connectivity index (χ3n) is 2.64. The van der Waals surface area contributed by atoms with Crippen molar-refractivity contribution in [2.45, 2.75) is 38.8 Å². The van der Waals surface area contributed by atoms with Gasteiger partial charge in [0.1, 0.15) is 0 Å². The van der Waals surface area contributed by atoms with Crippen LogP contribution in [0.15, 0.2) is 28.7 Å². The average Bonchev–Trinajstić information content (AvgIpc) is 2.25. The highest BCUT2D eigenvalue weighted by Gasteiger charge is 2.11. The molecule has 16 heavy (non-hydrogen) atoms. The minimum atomic E-state index is -0.232. The van der Waals surface area contributed by atoms with Gasteiger partial charge in [0.15, 0.2) is 0 Å². The quantitative estimate of drug-likeness (QED) is 0.841. The van der Waals surface area contributed by atoms with Crippen LogP contribution < -0.4 is 5.32 Å². The van der Waals surface area contributed by atoms with Crippen LogP contribution in [0, 0.1) is 0 Å². The van der Waals surface area contributed by atoms with Crippen molar-refractivity contribution < 1.29 is 5.11 Å². The van der Waals surface area contributed by atoms with E-state index in [4.69, 9.17) is 0 Å². The first kappa shape index (κ1) is 13.7. The Morgan fingerprint density at radius 3 is 2.62 bits per heavy atom. The van der Waals surface area contributed by atoms with Crippen molar-refractivity contribution in [1.82, 2.24) is 5.32 Å². The molecule has 0 aliphatic carbocycles. The Labute approximate surface area is 106 Å². The summed E-state index contributed by atoms with van der Waals surface area (Å²) >= 11 is 3.57. The third-order valence-corrected chi connectivity index (χ3v) is 3.36. The highest BCUT2D eigenvalue weighted by atomic mass is 79.9. The van der Waals surface area contributed by atoms with E-state index < -0.39 is 0 Å². The van der Waals surface area contributed by atoms with Crippen LogP contribution in [-0.2, 0) is 0 Å². The summed E-state index contributed by atoms with van der Waals surface area (Å²) in [6.07, 6.45) is 1.60. The number of aliphatic hydroxyl groups is 1. The van der Waals surface area contributed by atoms with Crippen LogP contribution in [0.25, 0.3) is 0 Å². The Balaban J connectivity index is 2.57. The van der Waals surface area contributed by atoms with Crippen molar-refractivity contribution in [1.29, 1.82) is 0 Å². The summed E-state index contributed by atoms with van der Waals surface area (Å²) in [6.45, 7) is 4.83. The fourth-order valence-corrected chi connectivity index (χ4v) is 2.26. The molecule has 2 N–H and O–H groups in total. The number of benzene rings is 1. The second-order valence-electron chi connectivity index (χ2n) is 4.07. The zero-order chi connectivity index (χ0) is 12.0.